The molecule has 0 aliphatic carbocycles. The molecule has 1 aromatic carbocycles. The van der Waals surface area contributed by atoms with Crippen molar-refractivity contribution < 1.29 is 19.1 Å². The molecule has 1 heterocycles. The molecular formula is C15H19N3O4. The molecule has 2 atom stereocenters. The smallest absolute Gasteiger partial charge is 0.408 e. The van der Waals surface area contributed by atoms with Gasteiger partial charge in [0, 0.05) is 6.04 Å². The molecule has 7 nitrogen and oxygen atoms in total. The van der Waals surface area contributed by atoms with Gasteiger partial charge in [-0.2, -0.15) is 0 Å². The third-order valence-corrected chi connectivity index (χ3v) is 3.52. The lowest BCUT2D eigenvalue weighted by Gasteiger charge is -2.19. The number of carbonyl (C=O) groups excluding carboxylic acids is 3. The second-order valence-electron chi connectivity index (χ2n) is 5.28. The fourth-order valence-electron chi connectivity index (χ4n) is 2.42. The van der Waals surface area contributed by atoms with Crippen LogP contribution in [0.25, 0.3) is 0 Å². The van der Waals surface area contributed by atoms with Gasteiger partial charge >= 0.3 is 6.09 Å². The molecule has 0 radical (unpaired) electrons. The van der Waals surface area contributed by atoms with Gasteiger partial charge in [-0.15, -0.1) is 0 Å². The number of hydrogen-bond donors (Lipinski definition) is 2. The Balaban J connectivity index is 1.84. The first-order valence-corrected chi connectivity index (χ1v) is 7.03. The highest BCUT2D eigenvalue weighted by atomic mass is 16.5. The van der Waals surface area contributed by atoms with E-state index in [9.17, 15) is 14.4 Å². The zero-order valence-corrected chi connectivity index (χ0v) is 12.3. The fraction of sp³-hybridized carbons (Fsp3) is 0.400. The number of alkyl carbamates (subject to hydrolysis) is 1. The predicted octanol–water partition coefficient (Wildman–Crippen LogP) is 0.387. The van der Waals surface area contributed by atoms with Crippen LogP contribution in [-0.4, -0.2) is 41.4 Å². The van der Waals surface area contributed by atoms with Crippen LogP contribution in [0.4, 0.5) is 4.79 Å². The van der Waals surface area contributed by atoms with E-state index in [1.54, 1.807) is 6.92 Å². The molecule has 1 aliphatic rings. The summed E-state index contributed by atoms with van der Waals surface area (Å²) in [4.78, 5) is 36.2. The molecule has 1 aromatic rings. The maximum atomic E-state index is 12.1. The minimum atomic E-state index is -0.683. The van der Waals surface area contributed by atoms with Crippen LogP contribution in [-0.2, 0) is 20.9 Å². The molecule has 1 saturated heterocycles. The van der Waals surface area contributed by atoms with Crippen molar-refractivity contribution in [2.75, 3.05) is 6.54 Å². The first-order chi connectivity index (χ1) is 10.5. The number of hydrogen-bond acceptors (Lipinski definition) is 4. The van der Waals surface area contributed by atoms with Gasteiger partial charge < -0.3 is 20.7 Å². The number of carbonyl (C=O) groups is 3. The van der Waals surface area contributed by atoms with Crippen molar-refractivity contribution in [3.05, 3.63) is 35.9 Å². The quantitative estimate of drug-likeness (QED) is 0.821. The van der Waals surface area contributed by atoms with E-state index in [-0.39, 0.29) is 25.1 Å². The number of benzene rings is 1. The summed E-state index contributed by atoms with van der Waals surface area (Å²) in [5, 5.41) is 2.53. The van der Waals surface area contributed by atoms with E-state index < -0.39 is 18.0 Å². The Morgan fingerprint density at radius 3 is 2.68 bits per heavy atom. The van der Waals surface area contributed by atoms with Gasteiger partial charge in [0.2, 0.25) is 11.8 Å². The zero-order valence-electron chi connectivity index (χ0n) is 12.3. The molecule has 0 spiro atoms. The van der Waals surface area contributed by atoms with E-state index in [2.05, 4.69) is 5.32 Å². The van der Waals surface area contributed by atoms with Crippen molar-refractivity contribution in [2.24, 2.45) is 5.73 Å². The molecule has 7 heteroatoms. The van der Waals surface area contributed by atoms with Crippen LogP contribution in [0, 0.1) is 0 Å². The summed E-state index contributed by atoms with van der Waals surface area (Å²) in [5.41, 5.74) is 5.97. The number of nitrogens with two attached hydrogens (primary N) is 1. The topological polar surface area (TPSA) is 102 Å². The molecule has 2 unspecified atom stereocenters. The lowest BCUT2D eigenvalue weighted by Crippen LogP contribution is -2.44. The van der Waals surface area contributed by atoms with Gasteiger partial charge in [0.1, 0.15) is 12.6 Å². The summed E-state index contributed by atoms with van der Waals surface area (Å²) in [6, 6.07) is 8.41. The highest BCUT2D eigenvalue weighted by molar-refractivity contribution is 5.91. The highest BCUT2D eigenvalue weighted by Gasteiger charge is 2.38. The van der Waals surface area contributed by atoms with Crippen molar-refractivity contribution in [1.82, 2.24) is 10.2 Å². The van der Waals surface area contributed by atoms with Crippen LogP contribution in [0.3, 0.4) is 0 Å². The lowest BCUT2D eigenvalue weighted by molar-refractivity contribution is -0.134. The van der Waals surface area contributed by atoms with E-state index in [0.29, 0.717) is 6.42 Å². The monoisotopic (exact) mass is 305 g/mol. The van der Waals surface area contributed by atoms with Gasteiger partial charge in [-0.05, 0) is 18.9 Å². The van der Waals surface area contributed by atoms with E-state index in [4.69, 9.17) is 10.5 Å². The maximum absolute atomic E-state index is 12.1. The number of primary amides is 1. The summed E-state index contributed by atoms with van der Waals surface area (Å²) in [6.07, 6.45) is -0.234. The Kier molecular flexibility index (Phi) is 4.98. The second kappa shape index (κ2) is 6.93. The van der Waals surface area contributed by atoms with Gasteiger partial charge in [-0.3, -0.25) is 9.59 Å². The van der Waals surface area contributed by atoms with Crippen LogP contribution < -0.4 is 11.1 Å². The maximum Gasteiger partial charge on any atom is 0.408 e. The summed E-state index contributed by atoms with van der Waals surface area (Å²) in [5.74, 6) is -0.893. The van der Waals surface area contributed by atoms with Gasteiger partial charge in [-0.25, -0.2) is 4.79 Å². The number of nitrogens with one attached hydrogen (secondary N) is 1. The molecule has 1 fully saturated rings. The molecular weight excluding hydrogens is 286 g/mol. The Bertz CT molecular complexity index is 561. The zero-order chi connectivity index (χ0) is 16.1. The third-order valence-electron chi connectivity index (χ3n) is 3.52. The van der Waals surface area contributed by atoms with E-state index in [0.717, 1.165) is 5.56 Å². The van der Waals surface area contributed by atoms with Crippen LogP contribution in [0.1, 0.15) is 18.9 Å². The molecule has 2 rings (SSSR count). The van der Waals surface area contributed by atoms with Gasteiger partial charge in [0.25, 0.3) is 0 Å². The fourth-order valence-corrected chi connectivity index (χ4v) is 2.42. The van der Waals surface area contributed by atoms with E-state index in [1.165, 1.54) is 4.90 Å². The molecule has 0 aromatic heterocycles. The molecule has 1 aliphatic heterocycles. The Hall–Kier alpha value is -2.57. The molecule has 0 bridgehead atoms. The summed E-state index contributed by atoms with van der Waals surface area (Å²) >= 11 is 0. The van der Waals surface area contributed by atoms with E-state index >= 15 is 0 Å². The number of nitrogens with zero attached hydrogens (tertiary/aromatic N) is 1. The summed E-state index contributed by atoms with van der Waals surface area (Å²) in [7, 11) is 0. The number of rotatable bonds is 5. The normalized spacial score (nSPS) is 20.8. The van der Waals surface area contributed by atoms with Crippen LogP contribution in [0.15, 0.2) is 30.3 Å². The van der Waals surface area contributed by atoms with Crippen LogP contribution >= 0.6 is 0 Å². The number of amides is 3. The number of likely N-dealkylation sites (tertiary alicyclic amines) is 1. The minimum Gasteiger partial charge on any atom is -0.445 e. The van der Waals surface area contributed by atoms with Crippen molar-refractivity contribution in [3.8, 4) is 0 Å². The highest BCUT2D eigenvalue weighted by Crippen LogP contribution is 2.18. The number of ether oxygens (including phenoxy) is 1. The Labute approximate surface area is 128 Å². The molecule has 3 N–H and O–H groups in total. The first-order valence-electron chi connectivity index (χ1n) is 7.03. The Morgan fingerprint density at radius 2 is 2.05 bits per heavy atom. The van der Waals surface area contributed by atoms with E-state index in [1.807, 2.05) is 30.3 Å². The molecule has 22 heavy (non-hydrogen) atoms. The van der Waals surface area contributed by atoms with Crippen LogP contribution in [0.5, 0.6) is 0 Å². The molecule has 3 amide bonds. The van der Waals surface area contributed by atoms with Crippen molar-refractivity contribution in [3.63, 3.8) is 0 Å². The van der Waals surface area contributed by atoms with Gasteiger partial charge in [-0.1, -0.05) is 30.3 Å². The standard InChI is InChI=1S/C15H19N3O4/c1-10-7-12(14(20)18(10)8-13(16)19)17-15(21)22-9-11-5-3-2-4-6-11/h2-6,10,12H,7-9H2,1H3,(H2,16,19)(H,17,21). The second-order valence-corrected chi connectivity index (χ2v) is 5.28. The van der Waals surface area contributed by atoms with Crippen molar-refractivity contribution in [1.29, 1.82) is 0 Å². The van der Waals surface area contributed by atoms with Gasteiger partial charge in [0.15, 0.2) is 0 Å². The average Bonchev–Trinajstić information content (AvgIpc) is 2.73. The SMILES string of the molecule is CC1CC(NC(=O)OCc2ccccc2)C(=O)N1CC(N)=O. The average molecular weight is 305 g/mol. The Morgan fingerprint density at radius 1 is 1.36 bits per heavy atom. The predicted molar refractivity (Wildman–Crippen MR) is 78.5 cm³/mol. The van der Waals surface area contributed by atoms with Crippen molar-refractivity contribution in [2.45, 2.75) is 32.0 Å². The minimum absolute atomic E-state index is 0.133. The third kappa shape index (κ3) is 3.97. The largest absolute Gasteiger partial charge is 0.445 e. The first kappa shape index (κ1) is 15.8. The van der Waals surface area contributed by atoms with Crippen LogP contribution in [0.2, 0.25) is 0 Å². The van der Waals surface area contributed by atoms with Gasteiger partial charge in [0.05, 0.1) is 6.54 Å². The lowest BCUT2D eigenvalue weighted by atomic mass is 10.2. The molecule has 118 valence electrons. The van der Waals surface area contributed by atoms with Crippen molar-refractivity contribution >= 4 is 17.9 Å². The summed E-state index contributed by atoms with van der Waals surface area (Å²) < 4.78 is 5.08. The summed E-state index contributed by atoms with van der Waals surface area (Å²) in [6.45, 7) is 1.79. The molecule has 0 saturated carbocycles.